The van der Waals surface area contributed by atoms with Crippen LogP contribution in [0.1, 0.15) is 35.9 Å². The Balaban J connectivity index is 1.59. The van der Waals surface area contributed by atoms with Crippen LogP contribution in [0.15, 0.2) is 71.9 Å². The first-order valence-corrected chi connectivity index (χ1v) is 11.5. The van der Waals surface area contributed by atoms with Crippen molar-refractivity contribution in [3.8, 4) is 23.0 Å². The molecule has 0 aromatic heterocycles. The summed E-state index contributed by atoms with van der Waals surface area (Å²) < 4.78 is 16.6. The molecular weight excluding hydrogens is 444 g/mol. The van der Waals surface area contributed by atoms with E-state index >= 15 is 0 Å². The van der Waals surface area contributed by atoms with Crippen LogP contribution in [-0.4, -0.2) is 32.2 Å². The molecule has 0 bridgehead atoms. The molecule has 3 N–H and O–H groups in total. The van der Waals surface area contributed by atoms with Gasteiger partial charge in [-0.15, -0.1) is 0 Å². The van der Waals surface area contributed by atoms with E-state index in [0.717, 1.165) is 33.8 Å². The number of Topliss-reactive ketones (excluding diaryl/α,β-unsaturated/α-hetero) is 1. The largest absolute Gasteiger partial charge is 0.508 e. The molecule has 1 heterocycles. The van der Waals surface area contributed by atoms with E-state index in [-0.39, 0.29) is 23.5 Å². The number of benzene rings is 3. The van der Waals surface area contributed by atoms with Crippen LogP contribution in [-0.2, 0) is 4.79 Å². The maximum absolute atomic E-state index is 13.7. The van der Waals surface area contributed by atoms with Crippen LogP contribution < -0.4 is 24.8 Å². The Morgan fingerprint density at radius 3 is 2.11 bits per heavy atom. The summed E-state index contributed by atoms with van der Waals surface area (Å²) in [6.45, 7) is 0. The number of carbonyl (C=O) groups excluding carboxylic acids is 1. The van der Waals surface area contributed by atoms with Gasteiger partial charge in [-0.25, -0.2) is 0 Å². The number of hydrogen-bond acceptors (Lipinski definition) is 7. The molecule has 35 heavy (non-hydrogen) atoms. The highest BCUT2D eigenvalue weighted by Gasteiger charge is 2.36. The van der Waals surface area contributed by atoms with Crippen molar-refractivity contribution >= 4 is 17.2 Å². The van der Waals surface area contributed by atoms with Crippen molar-refractivity contribution in [2.75, 3.05) is 32.0 Å². The van der Waals surface area contributed by atoms with Crippen molar-refractivity contribution in [1.82, 2.24) is 0 Å². The van der Waals surface area contributed by atoms with E-state index in [9.17, 15) is 9.90 Å². The predicted molar refractivity (Wildman–Crippen MR) is 135 cm³/mol. The van der Waals surface area contributed by atoms with Crippen molar-refractivity contribution < 1.29 is 24.1 Å². The van der Waals surface area contributed by atoms with E-state index in [4.69, 9.17) is 14.2 Å². The fourth-order valence-electron chi connectivity index (χ4n) is 4.98. The molecule has 7 nitrogen and oxygen atoms in total. The van der Waals surface area contributed by atoms with Crippen LogP contribution >= 0.6 is 0 Å². The lowest BCUT2D eigenvalue weighted by atomic mass is 9.78. The molecular formula is C28H28N2O5. The normalized spacial score (nSPS) is 19.0. The number of ether oxygens (including phenoxy) is 3. The number of ketones is 1. The van der Waals surface area contributed by atoms with Gasteiger partial charge < -0.3 is 30.0 Å². The number of nitrogens with one attached hydrogen (secondary N) is 2. The molecule has 0 unspecified atom stereocenters. The molecule has 1 aliphatic heterocycles. The first-order chi connectivity index (χ1) is 17.0. The highest BCUT2D eigenvalue weighted by Crippen LogP contribution is 2.47. The lowest BCUT2D eigenvalue weighted by Gasteiger charge is -2.30. The molecule has 180 valence electrons. The molecule has 2 atom stereocenters. The van der Waals surface area contributed by atoms with E-state index < -0.39 is 0 Å². The molecule has 0 saturated carbocycles. The first-order valence-electron chi connectivity index (χ1n) is 11.5. The Morgan fingerprint density at radius 1 is 0.829 bits per heavy atom. The van der Waals surface area contributed by atoms with Crippen LogP contribution in [0.3, 0.4) is 0 Å². The lowest BCUT2D eigenvalue weighted by molar-refractivity contribution is -0.116. The summed E-state index contributed by atoms with van der Waals surface area (Å²) in [5.74, 6) is 1.85. The zero-order valence-electron chi connectivity index (χ0n) is 19.9. The van der Waals surface area contributed by atoms with Gasteiger partial charge >= 0.3 is 0 Å². The zero-order chi connectivity index (χ0) is 24.5. The van der Waals surface area contributed by atoms with Gasteiger partial charge in [-0.1, -0.05) is 24.3 Å². The average molecular weight is 473 g/mol. The minimum Gasteiger partial charge on any atom is -0.508 e. The average Bonchev–Trinajstić information content (AvgIpc) is 3.05. The quantitative estimate of drug-likeness (QED) is 0.458. The number of para-hydroxylation sites is 2. The second-order valence-corrected chi connectivity index (χ2v) is 8.72. The molecule has 0 amide bonds. The highest BCUT2D eigenvalue weighted by atomic mass is 16.5. The van der Waals surface area contributed by atoms with Gasteiger partial charge in [-0.3, -0.25) is 4.79 Å². The molecule has 0 spiro atoms. The summed E-state index contributed by atoms with van der Waals surface area (Å²) in [4.78, 5) is 13.7. The molecule has 5 rings (SSSR count). The van der Waals surface area contributed by atoms with Crippen molar-refractivity contribution in [2.24, 2.45) is 0 Å². The fraction of sp³-hybridized carbons (Fsp3) is 0.250. The van der Waals surface area contributed by atoms with Gasteiger partial charge in [0.1, 0.15) is 5.75 Å². The maximum atomic E-state index is 13.7. The van der Waals surface area contributed by atoms with Crippen LogP contribution in [0.4, 0.5) is 11.4 Å². The van der Waals surface area contributed by atoms with Gasteiger partial charge in [0.15, 0.2) is 17.3 Å². The Bertz CT molecular complexity index is 1270. The summed E-state index contributed by atoms with van der Waals surface area (Å²) in [6.07, 6.45) is 0.996. The minimum atomic E-state index is -0.338. The third kappa shape index (κ3) is 4.14. The number of methoxy groups -OCH3 is 3. The van der Waals surface area contributed by atoms with E-state index in [1.807, 2.05) is 48.5 Å². The smallest absolute Gasteiger partial charge is 0.203 e. The first kappa shape index (κ1) is 22.7. The monoisotopic (exact) mass is 472 g/mol. The second-order valence-electron chi connectivity index (χ2n) is 8.72. The van der Waals surface area contributed by atoms with Crippen molar-refractivity contribution in [3.63, 3.8) is 0 Å². The number of fused-ring (bicyclic) bond motifs is 1. The molecule has 0 saturated heterocycles. The van der Waals surface area contributed by atoms with Crippen molar-refractivity contribution in [3.05, 3.63) is 83.1 Å². The van der Waals surface area contributed by atoms with Crippen LogP contribution in [0.5, 0.6) is 23.0 Å². The number of aromatic hydroxyl groups is 1. The second kappa shape index (κ2) is 9.25. The highest BCUT2D eigenvalue weighted by molar-refractivity contribution is 6.01. The number of phenols is 1. The number of rotatable bonds is 5. The molecule has 3 aromatic rings. The number of anilines is 2. The third-order valence-electron chi connectivity index (χ3n) is 6.69. The molecule has 2 aliphatic rings. The fourth-order valence-corrected chi connectivity index (χ4v) is 4.98. The number of carbonyl (C=O) groups is 1. The SMILES string of the molecule is COc1cc([C@H]2CC(=O)C3=C(C2)Nc2ccccc2N[C@@H]3c2ccc(O)cc2)cc(OC)c1OC. The van der Waals surface area contributed by atoms with E-state index in [1.54, 1.807) is 33.5 Å². The Hall–Kier alpha value is -4.13. The Labute approximate surface area is 204 Å². The minimum absolute atomic E-state index is 0.0619. The molecule has 7 heteroatoms. The Morgan fingerprint density at radius 2 is 1.49 bits per heavy atom. The van der Waals surface area contributed by atoms with Crippen molar-refractivity contribution in [1.29, 1.82) is 0 Å². The van der Waals surface area contributed by atoms with Gasteiger partial charge in [-0.2, -0.15) is 0 Å². The standard InChI is InChI=1S/C28H28N2O5/c1-33-24-14-18(15-25(34-2)28(24)35-3)17-12-22-26(23(32)13-17)27(16-8-10-19(31)11-9-16)30-21-7-5-4-6-20(21)29-22/h4-11,14-15,17,27,29-31H,12-13H2,1-3H3/t17-,27-/m1/s1. The van der Waals surface area contributed by atoms with Crippen molar-refractivity contribution in [2.45, 2.75) is 24.8 Å². The van der Waals surface area contributed by atoms with Crippen LogP contribution in [0, 0.1) is 0 Å². The number of phenolic OH excluding ortho intramolecular Hbond substituents is 1. The number of allylic oxidation sites excluding steroid dienone is 1. The summed E-state index contributed by atoms with van der Waals surface area (Å²) in [5.41, 5.74) is 5.30. The summed E-state index contributed by atoms with van der Waals surface area (Å²) >= 11 is 0. The molecule has 3 aromatic carbocycles. The van der Waals surface area contributed by atoms with Gasteiger partial charge in [-0.05, 0) is 59.9 Å². The molecule has 0 radical (unpaired) electrons. The molecule has 1 aliphatic carbocycles. The van der Waals surface area contributed by atoms with Crippen LogP contribution in [0.25, 0.3) is 0 Å². The van der Waals surface area contributed by atoms with Gasteiger partial charge in [0.25, 0.3) is 0 Å². The summed E-state index contributed by atoms with van der Waals surface area (Å²) in [7, 11) is 4.75. The topological polar surface area (TPSA) is 89.1 Å². The van der Waals surface area contributed by atoms with Gasteiger partial charge in [0.2, 0.25) is 5.75 Å². The van der Waals surface area contributed by atoms with Gasteiger partial charge in [0, 0.05) is 17.7 Å². The van der Waals surface area contributed by atoms with Crippen LogP contribution in [0.2, 0.25) is 0 Å². The third-order valence-corrected chi connectivity index (χ3v) is 6.69. The zero-order valence-corrected chi connectivity index (χ0v) is 19.9. The Kier molecular flexibility index (Phi) is 5.99. The van der Waals surface area contributed by atoms with E-state index in [1.165, 1.54) is 0 Å². The van der Waals surface area contributed by atoms with E-state index in [2.05, 4.69) is 10.6 Å². The maximum Gasteiger partial charge on any atom is 0.203 e. The number of hydrogen-bond donors (Lipinski definition) is 3. The predicted octanol–water partition coefficient (Wildman–Crippen LogP) is 5.40. The van der Waals surface area contributed by atoms with Gasteiger partial charge in [0.05, 0.1) is 38.7 Å². The molecule has 0 fully saturated rings. The van der Waals surface area contributed by atoms with E-state index in [0.29, 0.717) is 30.1 Å². The summed E-state index contributed by atoms with van der Waals surface area (Å²) in [6, 6.07) is 18.4. The summed E-state index contributed by atoms with van der Waals surface area (Å²) in [5, 5.41) is 16.9. The lowest BCUT2D eigenvalue weighted by Crippen LogP contribution is -2.26.